The summed E-state index contributed by atoms with van der Waals surface area (Å²) >= 11 is 5.19. The van der Waals surface area contributed by atoms with Crippen LogP contribution in [0.5, 0.6) is 0 Å². The van der Waals surface area contributed by atoms with Crippen LogP contribution in [0, 0.1) is 17.2 Å². The van der Waals surface area contributed by atoms with E-state index < -0.39 is 0 Å². The summed E-state index contributed by atoms with van der Waals surface area (Å²) in [7, 11) is 0. The second-order valence-electron chi connectivity index (χ2n) is 3.99. The molecule has 1 aliphatic rings. The zero-order valence-electron chi connectivity index (χ0n) is 9.40. The van der Waals surface area contributed by atoms with Gasteiger partial charge < -0.3 is 5.32 Å². The highest BCUT2D eigenvalue weighted by Gasteiger charge is 2.13. The third-order valence-corrected chi connectivity index (χ3v) is 4.29. The Morgan fingerprint density at radius 2 is 2.41 bits per heavy atom. The predicted molar refractivity (Wildman–Crippen MR) is 76.4 cm³/mol. The molecule has 5 heteroatoms. The van der Waals surface area contributed by atoms with Crippen LogP contribution >= 0.6 is 27.7 Å². The molecule has 0 saturated carbocycles. The number of nitriles is 1. The molecule has 1 aromatic carbocycles. The molecular weight excluding hydrogens is 298 g/mol. The van der Waals surface area contributed by atoms with Gasteiger partial charge in [-0.3, -0.25) is 4.99 Å². The van der Waals surface area contributed by atoms with Gasteiger partial charge in [0.1, 0.15) is 0 Å². The van der Waals surface area contributed by atoms with Gasteiger partial charge in [-0.25, -0.2) is 0 Å². The number of anilines is 1. The van der Waals surface area contributed by atoms with Crippen LogP contribution in [0.3, 0.4) is 0 Å². The molecule has 1 unspecified atom stereocenters. The predicted octanol–water partition coefficient (Wildman–Crippen LogP) is 3.47. The maximum Gasteiger partial charge on any atom is 0.161 e. The Morgan fingerprint density at radius 3 is 3.00 bits per heavy atom. The van der Waals surface area contributed by atoms with Gasteiger partial charge in [-0.1, -0.05) is 18.7 Å². The summed E-state index contributed by atoms with van der Waals surface area (Å²) in [5, 5.41) is 13.0. The van der Waals surface area contributed by atoms with E-state index in [0.717, 1.165) is 27.6 Å². The van der Waals surface area contributed by atoms with Crippen molar-refractivity contribution in [1.82, 2.24) is 0 Å². The number of halogens is 1. The van der Waals surface area contributed by atoms with Crippen molar-refractivity contribution in [2.24, 2.45) is 10.9 Å². The first-order valence-corrected chi connectivity index (χ1v) is 7.11. The van der Waals surface area contributed by atoms with E-state index in [2.05, 4.69) is 39.2 Å². The SMILES string of the molecule is CC1CN=C(Nc2ccc(C#N)cc2Br)SC1. The number of benzene rings is 1. The van der Waals surface area contributed by atoms with Crippen molar-refractivity contribution >= 4 is 38.5 Å². The summed E-state index contributed by atoms with van der Waals surface area (Å²) in [6, 6.07) is 7.60. The number of amidine groups is 1. The fourth-order valence-electron chi connectivity index (χ4n) is 1.44. The van der Waals surface area contributed by atoms with Crippen molar-refractivity contribution in [1.29, 1.82) is 5.26 Å². The second kappa shape index (κ2) is 5.56. The average Bonchev–Trinajstić information content (AvgIpc) is 2.34. The van der Waals surface area contributed by atoms with Crippen molar-refractivity contribution in [3.05, 3.63) is 28.2 Å². The first kappa shape index (κ1) is 12.5. The fourth-order valence-corrected chi connectivity index (χ4v) is 2.81. The molecule has 0 aromatic heterocycles. The molecule has 0 spiro atoms. The van der Waals surface area contributed by atoms with Gasteiger partial charge in [-0.2, -0.15) is 5.26 Å². The number of hydrogen-bond acceptors (Lipinski definition) is 4. The van der Waals surface area contributed by atoms with Gasteiger partial charge in [0.05, 0.1) is 17.3 Å². The zero-order valence-corrected chi connectivity index (χ0v) is 11.8. The van der Waals surface area contributed by atoms with E-state index in [0.29, 0.717) is 11.5 Å². The van der Waals surface area contributed by atoms with Crippen molar-refractivity contribution in [3.8, 4) is 6.07 Å². The van der Waals surface area contributed by atoms with Gasteiger partial charge in [0.25, 0.3) is 0 Å². The summed E-state index contributed by atoms with van der Waals surface area (Å²) in [6.45, 7) is 3.08. The summed E-state index contributed by atoms with van der Waals surface area (Å²) in [6.07, 6.45) is 0. The number of hydrogen-bond donors (Lipinski definition) is 1. The number of nitrogens with zero attached hydrogens (tertiary/aromatic N) is 2. The number of thioether (sulfide) groups is 1. The molecule has 0 amide bonds. The fraction of sp³-hybridized carbons (Fsp3) is 0.333. The quantitative estimate of drug-likeness (QED) is 0.864. The lowest BCUT2D eigenvalue weighted by molar-refractivity contribution is 0.674. The molecular formula is C12H12BrN3S. The summed E-state index contributed by atoms with van der Waals surface area (Å²) in [4.78, 5) is 4.47. The Labute approximate surface area is 113 Å². The second-order valence-corrected chi connectivity index (χ2v) is 5.86. The van der Waals surface area contributed by atoms with Crippen LogP contribution < -0.4 is 5.32 Å². The first-order valence-electron chi connectivity index (χ1n) is 5.33. The van der Waals surface area contributed by atoms with Crippen LogP contribution in [-0.2, 0) is 0 Å². The van der Waals surface area contributed by atoms with E-state index in [4.69, 9.17) is 5.26 Å². The van der Waals surface area contributed by atoms with Crippen molar-refractivity contribution < 1.29 is 0 Å². The smallest absolute Gasteiger partial charge is 0.161 e. The molecule has 0 aliphatic carbocycles. The van der Waals surface area contributed by atoms with Crippen molar-refractivity contribution in [2.75, 3.05) is 17.6 Å². The van der Waals surface area contributed by atoms with E-state index in [1.807, 2.05) is 6.07 Å². The lowest BCUT2D eigenvalue weighted by Crippen LogP contribution is -2.18. The van der Waals surface area contributed by atoms with E-state index in [1.54, 1.807) is 23.9 Å². The van der Waals surface area contributed by atoms with Crippen LogP contribution in [0.15, 0.2) is 27.7 Å². The van der Waals surface area contributed by atoms with Crippen molar-refractivity contribution in [2.45, 2.75) is 6.92 Å². The summed E-state index contributed by atoms with van der Waals surface area (Å²) in [5.41, 5.74) is 1.60. The van der Waals surface area contributed by atoms with Crippen LogP contribution in [0.1, 0.15) is 12.5 Å². The Kier molecular flexibility index (Phi) is 4.08. The van der Waals surface area contributed by atoms with Gasteiger partial charge in [0.15, 0.2) is 5.17 Å². The Hall–Kier alpha value is -0.990. The number of nitrogens with one attached hydrogen (secondary N) is 1. The molecule has 1 aliphatic heterocycles. The third kappa shape index (κ3) is 3.24. The molecule has 0 bridgehead atoms. The van der Waals surface area contributed by atoms with Gasteiger partial charge in [-0.15, -0.1) is 0 Å². The minimum absolute atomic E-state index is 0.647. The third-order valence-electron chi connectivity index (χ3n) is 2.39. The molecule has 17 heavy (non-hydrogen) atoms. The average molecular weight is 310 g/mol. The zero-order chi connectivity index (χ0) is 12.3. The Bertz CT molecular complexity index is 493. The highest BCUT2D eigenvalue weighted by molar-refractivity contribution is 9.10. The van der Waals surface area contributed by atoms with E-state index in [-0.39, 0.29) is 0 Å². The van der Waals surface area contributed by atoms with Gasteiger partial charge in [0.2, 0.25) is 0 Å². The molecule has 2 rings (SSSR count). The standard InChI is InChI=1S/C12H12BrN3S/c1-8-6-15-12(17-7-8)16-11-3-2-9(5-14)4-10(11)13/h2-4,8H,6-7H2,1H3,(H,15,16). The monoisotopic (exact) mass is 309 g/mol. The maximum atomic E-state index is 8.78. The highest BCUT2D eigenvalue weighted by atomic mass is 79.9. The largest absolute Gasteiger partial charge is 0.334 e. The molecule has 1 heterocycles. The summed E-state index contributed by atoms with van der Waals surface area (Å²) in [5.74, 6) is 1.75. The van der Waals surface area contributed by atoms with E-state index in [9.17, 15) is 0 Å². The molecule has 88 valence electrons. The molecule has 3 nitrogen and oxygen atoms in total. The minimum atomic E-state index is 0.647. The molecule has 1 aromatic rings. The number of rotatable bonds is 1. The van der Waals surface area contributed by atoms with Crippen LogP contribution in [-0.4, -0.2) is 17.5 Å². The molecule has 0 fully saturated rings. The van der Waals surface area contributed by atoms with Gasteiger partial charge >= 0.3 is 0 Å². The van der Waals surface area contributed by atoms with Crippen molar-refractivity contribution in [3.63, 3.8) is 0 Å². The molecule has 0 radical (unpaired) electrons. The number of aliphatic imine (C=N–C) groups is 1. The van der Waals surface area contributed by atoms with E-state index >= 15 is 0 Å². The normalized spacial score (nSPS) is 19.4. The van der Waals surface area contributed by atoms with Crippen LogP contribution in [0.2, 0.25) is 0 Å². The molecule has 0 saturated heterocycles. The molecule has 1 N–H and O–H groups in total. The van der Waals surface area contributed by atoms with Crippen LogP contribution in [0.4, 0.5) is 5.69 Å². The topological polar surface area (TPSA) is 48.2 Å². The lowest BCUT2D eigenvalue weighted by atomic mass is 10.2. The van der Waals surface area contributed by atoms with E-state index in [1.165, 1.54) is 0 Å². The first-order chi connectivity index (χ1) is 8.19. The Morgan fingerprint density at radius 1 is 1.59 bits per heavy atom. The summed E-state index contributed by atoms with van der Waals surface area (Å²) < 4.78 is 0.887. The highest BCUT2D eigenvalue weighted by Crippen LogP contribution is 2.26. The Balaban J connectivity index is 2.12. The van der Waals surface area contributed by atoms with Gasteiger partial charge in [0, 0.05) is 16.8 Å². The molecule has 1 atom stereocenters. The van der Waals surface area contributed by atoms with Gasteiger partial charge in [-0.05, 0) is 40.0 Å². The lowest BCUT2D eigenvalue weighted by Gasteiger charge is -2.18. The minimum Gasteiger partial charge on any atom is -0.334 e. The van der Waals surface area contributed by atoms with Crippen LogP contribution in [0.25, 0.3) is 0 Å². The maximum absolute atomic E-state index is 8.78.